The van der Waals surface area contributed by atoms with Crippen LogP contribution in [0, 0.1) is 0 Å². The third kappa shape index (κ3) is 7.30. The molecule has 45 heavy (non-hydrogen) atoms. The predicted molar refractivity (Wildman–Crippen MR) is 160 cm³/mol. The van der Waals surface area contributed by atoms with E-state index in [1.165, 1.54) is 26.3 Å². The Morgan fingerprint density at radius 3 is 2.49 bits per heavy atom. The van der Waals surface area contributed by atoms with Gasteiger partial charge in [-0.25, -0.2) is 18.4 Å². The van der Waals surface area contributed by atoms with Crippen LogP contribution in [-0.2, 0) is 22.6 Å². The zero-order valence-corrected chi connectivity index (χ0v) is 25.9. The van der Waals surface area contributed by atoms with Crippen molar-refractivity contribution in [2.45, 2.75) is 24.7 Å². The van der Waals surface area contributed by atoms with E-state index in [1.807, 2.05) is 12.1 Å². The number of sulfonamides is 1. The number of amides is 1. The van der Waals surface area contributed by atoms with E-state index in [1.54, 1.807) is 30.3 Å². The van der Waals surface area contributed by atoms with Crippen molar-refractivity contribution in [3.05, 3.63) is 70.9 Å². The highest BCUT2D eigenvalue weighted by molar-refractivity contribution is 7.88. The summed E-state index contributed by atoms with van der Waals surface area (Å²) in [4.78, 5) is 22.9. The number of benzene rings is 2. The number of fused-ring (bicyclic) bond motifs is 1. The van der Waals surface area contributed by atoms with Gasteiger partial charge in [-0.1, -0.05) is 24.3 Å². The maximum atomic E-state index is 14.1. The summed E-state index contributed by atoms with van der Waals surface area (Å²) in [7, 11) is 1.03. The largest absolute Gasteiger partial charge is 0.495 e. The minimum Gasteiger partial charge on any atom is -0.495 e. The number of hydrazine groups is 1. The molecule has 5 rings (SSSR count). The van der Waals surface area contributed by atoms with Gasteiger partial charge in [0, 0.05) is 51.4 Å². The van der Waals surface area contributed by atoms with Gasteiger partial charge in [-0.3, -0.25) is 10.2 Å². The molecule has 2 atom stereocenters. The molecule has 1 aliphatic carbocycles. The molecule has 0 saturated carbocycles. The number of methoxy groups -OCH3 is 1. The van der Waals surface area contributed by atoms with Crippen molar-refractivity contribution in [1.29, 1.82) is 0 Å². The number of hydrogen-bond acceptors (Lipinski definition) is 10. The lowest BCUT2D eigenvalue weighted by atomic mass is 10.1. The van der Waals surface area contributed by atoms with Crippen molar-refractivity contribution in [1.82, 2.24) is 29.6 Å². The Morgan fingerprint density at radius 2 is 1.82 bits per heavy atom. The predicted octanol–water partition coefficient (Wildman–Crippen LogP) is 3.08. The fraction of sp³-hybridized carbons (Fsp3) is 0.414. The van der Waals surface area contributed by atoms with Gasteiger partial charge >= 0.3 is 6.18 Å². The SMILES string of the molecule is COc1cc(C(=O)NN2CCN(C)CC2)ccc1Nc1ncc(C(F)(F)F)c(O[C@@H]2Cc3ccccc3[C@H]2N(C)S(C)(=O)=O)n1. The van der Waals surface area contributed by atoms with E-state index in [0.717, 1.165) is 29.2 Å². The lowest BCUT2D eigenvalue weighted by Crippen LogP contribution is -2.52. The molecule has 12 nitrogen and oxygen atoms in total. The van der Waals surface area contributed by atoms with Gasteiger partial charge in [0.25, 0.3) is 5.91 Å². The van der Waals surface area contributed by atoms with Gasteiger partial charge in [-0.2, -0.15) is 22.5 Å². The summed E-state index contributed by atoms with van der Waals surface area (Å²) < 4.78 is 79.5. The number of hydrogen-bond donors (Lipinski definition) is 2. The monoisotopic (exact) mass is 649 g/mol. The number of aromatic nitrogens is 2. The number of halogens is 3. The Hall–Kier alpha value is -3.99. The summed E-state index contributed by atoms with van der Waals surface area (Å²) in [5.41, 5.74) is 3.65. The first kappa shape index (κ1) is 32.4. The van der Waals surface area contributed by atoms with E-state index in [9.17, 15) is 26.4 Å². The second-order valence-corrected chi connectivity index (χ2v) is 13.0. The summed E-state index contributed by atoms with van der Waals surface area (Å²) in [6.45, 7) is 2.97. The zero-order valence-electron chi connectivity index (χ0n) is 25.1. The minimum absolute atomic E-state index is 0.163. The maximum Gasteiger partial charge on any atom is 0.423 e. The van der Waals surface area contributed by atoms with Crippen LogP contribution >= 0.6 is 0 Å². The van der Waals surface area contributed by atoms with Crippen LogP contribution in [0.15, 0.2) is 48.7 Å². The Labute approximate surface area is 259 Å². The summed E-state index contributed by atoms with van der Waals surface area (Å²) in [6.07, 6.45) is -4.07. The third-order valence-electron chi connectivity index (χ3n) is 7.86. The molecule has 2 heterocycles. The molecule has 1 amide bonds. The number of alkyl halides is 3. The van der Waals surface area contributed by atoms with Gasteiger partial charge in [0.1, 0.15) is 17.4 Å². The first-order valence-corrected chi connectivity index (χ1v) is 15.9. The number of rotatable bonds is 9. The molecule has 1 aliphatic heterocycles. The van der Waals surface area contributed by atoms with E-state index < -0.39 is 39.8 Å². The molecular weight excluding hydrogens is 615 g/mol. The number of likely N-dealkylation sites (N-methyl/N-ethyl adjacent to an activating group) is 2. The van der Waals surface area contributed by atoms with Crippen LogP contribution in [0.25, 0.3) is 0 Å². The summed E-state index contributed by atoms with van der Waals surface area (Å²) in [5.74, 6) is -1.09. The highest BCUT2D eigenvalue weighted by Crippen LogP contribution is 2.42. The number of carbonyl (C=O) groups is 1. The number of nitrogens with zero attached hydrogens (tertiary/aromatic N) is 5. The molecule has 16 heteroatoms. The summed E-state index contributed by atoms with van der Waals surface area (Å²) in [6, 6.07) is 10.7. The van der Waals surface area contributed by atoms with Crippen molar-refractivity contribution in [3.8, 4) is 11.6 Å². The molecule has 1 fully saturated rings. The Bertz CT molecular complexity index is 1670. The average Bonchev–Trinajstić information content (AvgIpc) is 3.34. The fourth-order valence-corrected chi connectivity index (χ4v) is 5.98. The number of ether oxygens (including phenoxy) is 2. The lowest BCUT2D eigenvalue weighted by Gasteiger charge is -2.32. The van der Waals surface area contributed by atoms with Gasteiger partial charge < -0.3 is 19.7 Å². The molecule has 2 aromatic carbocycles. The Balaban J connectivity index is 1.40. The van der Waals surface area contributed by atoms with Crippen molar-refractivity contribution in [2.24, 2.45) is 0 Å². The van der Waals surface area contributed by atoms with Gasteiger partial charge in [0.2, 0.25) is 21.9 Å². The normalized spacial score (nSPS) is 19.3. The molecule has 2 N–H and O–H groups in total. The molecular formula is C29H34F3N7O5S. The van der Waals surface area contributed by atoms with Crippen LogP contribution in [0.5, 0.6) is 11.6 Å². The topological polar surface area (TPSA) is 129 Å². The molecule has 1 aromatic heterocycles. The van der Waals surface area contributed by atoms with Gasteiger partial charge in [0.05, 0.1) is 25.1 Å². The zero-order chi connectivity index (χ0) is 32.5. The van der Waals surface area contributed by atoms with Crippen molar-refractivity contribution < 1.29 is 35.9 Å². The fourth-order valence-electron chi connectivity index (χ4n) is 5.32. The van der Waals surface area contributed by atoms with E-state index in [-0.39, 0.29) is 24.0 Å². The minimum atomic E-state index is -4.85. The lowest BCUT2D eigenvalue weighted by molar-refractivity contribution is -0.140. The molecule has 2 aliphatic rings. The quantitative estimate of drug-likeness (QED) is 0.357. The highest BCUT2D eigenvalue weighted by atomic mass is 32.2. The molecule has 0 spiro atoms. The van der Waals surface area contributed by atoms with Crippen LogP contribution < -0.4 is 20.2 Å². The van der Waals surface area contributed by atoms with Crippen molar-refractivity contribution in [3.63, 3.8) is 0 Å². The Kier molecular flexibility index (Phi) is 9.21. The summed E-state index contributed by atoms with van der Waals surface area (Å²) >= 11 is 0. The number of nitrogens with one attached hydrogen (secondary N) is 2. The first-order valence-electron chi connectivity index (χ1n) is 14.1. The third-order valence-corrected chi connectivity index (χ3v) is 9.13. The number of carbonyl (C=O) groups excluding carboxylic acids is 1. The smallest absolute Gasteiger partial charge is 0.423 e. The van der Waals surface area contributed by atoms with E-state index in [0.29, 0.717) is 36.1 Å². The van der Waals surface area contributed by atoms with Gasteiger partial charge in [-0.05, 0) is 36.4 Å². The second kappa shape index (κ2) is 12.8. The molecule has 0 radical (unpaired) electrons. The van der Waals surface area contributed by atoms with Crippen LogP contribution in [0.4, 0.5) is 24.8 Å². The van der Waals surface area contributed by atoms with Crippen LogP contribution in [0.3, 0.4) is 0 Å². The van der Waals surface area contributed by atoms with Crippen LogP contribution in [0.1, 0.15) is 33.1 Å². The molecule has 0 bridgehead atoms. The maximum absolute atomic E-state index is 14.1. The van der Waals surface area contributed by atoms with Crippen molar-refractivity contribution >= 4 is 27.6 Å². The first-order chi connectivity index (χ1) is 21.2. The molecule has 0 unspecified atom stereocenters. The molecule has 1 saturated heterocycles. The highest BCUT2D eigenvalue weighted by Gasteiger charge is 2.43. The van der Waals surface area contributed by atoms with E-state index >= 15 is 0 Å². The van der Waals surface area contributed by atoms with E-state index in [4.69, 9.17) is 9.47 Å². The molecule has 3 aromatic rings. The number of anilines is 2. The van der Waals surface area contributed by atoms with E-state index in [2.05, 4.69) is 25.6 Å². The van der Waals surface area contributed by atoms with Crippen LogP contribution in [-0.4, -0.2) is 98.3 Å². The number of piperazine rings is 1. The van der Waals surface area contributed by atoms with Gasteiger partial charge in [-0.15, -0.1) is 0 Å². The van der Waals surface area contributed by atoms with Gasteiger partial charge in [0.15, 0.2) is 0 Å². The Morgan fingerprint density at radius 1 is 1.11 bits per heavy atom. The molecule has 242 valence electrons. The second-order valence-electron chi connectivity index (χ2n) is 11.0. The standard InChI is InChI=1S/C29H34F3N7O5S/c1-37-11-13-39(14-12-37)36-26(40)19-9-10-22(23(16-19)43-3)34-28-33-17-21(29(30,31)32)27(35-28)44-24-15-18-7-5-6-8-20(18)25(24)38(2)45(4,41)42/h5-10,16-17,24-25H,11-15H2,1-4H3,(H,36,40)(H,33,34,35)/t24-,25-/m1/s1. The average molecular weight is 650 g/mol. The van der Waals surface area contributed by atoms with Crippen LogP contribution in [0.2, 0.25) is 0 Å². The van der Waals surface area contributed by atoms with Crippen molar-refractivity contribution in [2.75, 3.05) is 59.0 Å². The summed E-state index contributed by atoms with van der Waals surface area (Å²) in [5, 5.41) is 4.68.